The highest BCUT2D eigenvalue weighted by atomic mass is 32.2. The van der Waals surface area contributed by atoms with Crippen LogP contribution < -0.4 is 0 Å². The highest BCUT2D eigenvalue weighted by Gasteiger charge is 2.37. The summed E-state index contributed by atoms with van der Waals surface area (Å²) in [5.41, 5.74) is 0. The number of alkyl halides is 3. The molecule has 0 radical (unpaired) electrons. The van der Waals surface area contributed by atoms with E-state index in [2.05, 4.69) is 0 Å². The van der Waals surface area contributed by atoms with Crippen molar-refractivity contribution in [2.75, 3.05) is 24.6 Å². The third-order valence-corrected chi connectivity index (χ3v) is 4.48. The van der Waals surface area contributed by atoms with Crippen molar-refractivity contribution < 1.29 is 31.5 Å². The lowest BCUT2D eigenvalue weighted by molar-refractivity contribution is -0.157. The fourth-order valence-corrected chi connectivity index (χ4v) is 3.74. The van der Waals surface area contributed by atoms with E-state index in [4.69, 9.17) is 5.11 Å². The highest BCUT2D eigenvalue weighted by molar-refractivity contribution is 7.91. The quantitative estimate of drug-likeness (QED) is 0.816. The molecule has 5 nitrogen and oxygen atoms in total. The van der Waals surface area contributed by atoms with Crippen LogP contribution in [-0.2, 0) is 14.6 Å². The predicted octanol–water partition coefficient (Wildman–Crippen LogP) is 0.513. The zero-order valence-electron chi connectivity index (χ0n) is 9.48. The van der Waals surface area contributed by atoms with Crippen molar-refractivity contribution in [3.05, 3.63) is 0 Å². The molecule has 9 heteroatoms. The largest absolute Gasteiger partial charge is 0.480 e. The molecule has 0 aromatic carbocycles. The Labute approximate surface area is 102 Å². The van der Waals surface area contributed by atoms with E-state index in [1.54, 1.807) is 0 Å². The summed E-state index contributed by atoms with van der Waals surface area (Å²) < 4.78 is 59.7. The maximum atomic E-state index is 12.3. The normalized spacial score (nSPS) is 24.1. The van der Waals surface area contributed by atoms with Crippen molar-refractivity contribution in [3.63, 3.8) is 0 Å². The standard InChI is InChI=1S/C9H14F3NO4S/c10-9(11,12)6-13(4-8(14)15)7-2-1-3-18(16,17)5-7/h7H,1-6H2,(H,14,15). The van der Waals surface area contributed by atoms with E-state index in [0.29, 0.717) is 4.90 Å². The smallest absolute Gasteiger partial charge is 0.401 e. The molecule has 0 aliphatic carbocycles. The van der Waals surface area contributed by atoms with Crippen molar-refractivity contribution in [2.24, 2.45) is 0 Å². The number of hydrogen-bond donors (Lipinski definition) is 1. The van der Waals surface area contributed by atoms with E-state index in [9.17, 15) is 26.4 Å². The molecule has 1 aliphatic rings. The number of rotatable bonds is 4. The molecule has 1 saturated heterocycles. The summed E-state index contributed by atoms with van der Waals surface area (Å²) in [7, 11) is -3.37. The van der Waals surface area contributed by atoms with Crippen LogP contribution in [0.5, 0.6) is 0 Å². The molecule has 1 rings (SSSR count). The summed E-state index contributed by atoms with van der Waals surface area (Å²) in [6.45, 7) is -2.21. The zero-order valence-corrected chi connectivity index (χ0v) is 10.3. The average Bonchev–Trinajstić information content (AvgIpc) is 2.11. The van der Waals surface area contributed by atoms with Gasteiger partial charge in [-0.1, -0.05) is 0 Å². The lowest BCUT2D eigenvalue weighted by Crippen LogP contribution is -2.49. The Hall–Kier alpha value is -0.830. The number of nitrogens with zero attached hydrogens (tertiary/aromatic N) is 1. The monoisotopic (exact) mass is 289 g/mol. The van der Waals surface area contributed by atoms with Gasteiger partial charge in [0.15, 0.2) is 9.84 Å². The Morgan fingerprint density at radius 2 is 2.00 bits per heavy atom. The predicted molar refractivity (Wildman–Crippen MR) is 56.9 cm³/mol. The molecule has 0 bridgehead atoms. The Morgan fingerprint density at radius 1 is 1.39 bits per heavy atom. The van der Waals surface area contributed by atoms with E-state index < -0.39 is 46.9 Å². The minimum atomic E-state index is -4.54. The Balaban J connectivity index is 2.78. The second-order valence-electron chi connectivity index (χ2n) is 4.32. The third kappa shape index (κ3) is 5.21. The molecule has 0 aromatic heterocycles. The first-order valence-corrected chi connectivity index (χ1v) is 7.14. The minimum absolute atomic E-state index is 0.0452. The summed E-state index contributed by atoms with van der Waals surface area (Å²) in [5.74, 6) is -1.85. The van der Waals surface area contributed by atoms with Crippen LogP contribution in [0.15, 0.2) is 0 Å². The molecule has 106 valence electrons. The van der Waals surface area contributed by atoms with E-state index in [0.717, 1.165) is 0 Å². The number of carboxylic acid groups (broad SMARTS) is 1. The molecule has 0 aromatic rings. The maximum absolute atomic E-state index is 12.3. The molecule has 1 N–H and O–H groups in total. The van der Waals surface area contributed by atoms with Gasteiger partial charge in [0.25, 0.3) is 0 Å². The number of halogens is 3. The van der Waals surface area contributed by atoms with Crippen LogP contribution in [0, 0.1) is 0 Å². The van der Waals surface area contributed by atoms with Crippen LogP contribution in [-0.4, -0.2) is 61.2 Å². The molecule has 0 saturated carbocycles. The van der Waals surface area contributed by atoms with Gasteiger partial charge >= 0.3 is 12.1 Å². The average molecular weight is 289 g/mol. The molecule has 1 atom stereocenters. The molecule has 0 spiro atoms. The zero-order chi connectivity index (χ0) is 14.0. The number of sulfone groups is 1. The van der Waals surface area contributed by atoms with Crippen molar-refractivity contribution in [3.8, 4) is 0 Å². The van der Waals surface area contributed by atoms with Gasteiger partial charge in [-0.3, -0.25) is 9.69 Å². The van der Waals surface area contributed by atoms with E-state index >= 15 is 0 Å². The van der Waals surface area contributed by atoms with Crippen LogP contribution in [0.25, 0.3) is 0 Å². The molecule has 1 unspecified atom stereocenters. The Kier molecular flexibility index (Phi) is 4.60. The van der Waals surface area contributed by atoms with Gasteiger partial charge in [0.2, 0.25) is 0 Å². The molecular formula is C9H14F3NO4S. The van der Waals surface area contributed by atoms with Gasteiger partial charge in [-0.2, -0.15) is 13.2 Å². The summed E-state index contributed by atoms with van der Waals surface area (Å²) >= 11 is 0. The van der Waals surface area contributed by atoms with Crippen molar-refractivity contribution >= 4 is 15.8 Å². The second-order valence-corrected chi connectivity index (χ2v) is 6.55. The summed E-state index contributed by atoms with van der Waals surface area (Å²) in [5, 5.41) is 8.58. The second kappa shape index (κ2) is 5.43. The summed E-state index contributed by atoms with van der Waals surface area (Å²) in [4.78, 5) is 11.2. The summed E-state index contributed by atoms with van der Waals surface area (Å²) in [6.07, 6.45) is -4.01. The van der Waals surface area contributed by atoms with Crippen LogP contribution in [0.4, 0.5) is 13.2 Å². The number of aliphatic carboxylic acids is 1. The van der Waals surface area contributed by atoms with E-state index in [1.165, 1.54) is 0 Å². The minimum Gasteiger partial charge on any atom is -0.480 e. The van der Waals surface area contributed by atoms with Gasteiger partial charge < -0.3 is 5.11 Å². The van der Waals surface area contributed by atoms with Crippen molar-refractivity contribution in [1.82, 2.24) is 4.90 Å². The summed E-state index contributed by atoms with van der Waals surface area (Å²) in [6, 6.07) is -0.874. The molecule has 18 heavy (non-hydrogen) atoms. The molecule has 0 amide bonds. The van der Waals surface area contributed by atoms with Gasteiger partial charge in [-0.05, 0) is 12.8 Å². The first-order chi connectivity index (χ1) is 8.09. The van der Waals surface area contributed by atoms with Crippen LogP contribution >= 0.6 is 0 Å². The first-order valence-electron chi connectivity index (χ1n) is 5.32. The molecule has 1 fully saturated rings. The Bertz CT molecular complexity index is 407. The van der Waals surface area contributed by atoms with Gasteiger partial charge in [-0.25, -0.2) is 8.42 Å². The fourth-order valence-electron chi connectivity index (χ4n) is 2.00. The number of carbonyl (C=O) groups is 1. The molecule has 1 heterocycles. The number of carboxylic acids is 1. The van der Waals surface area contributed by atoms with Gasteiger partial charge in [-0.15, -0.1) is 0 Å². The lowest BCUT2D eigenvalue weighted by Gasteiger charge is -2.33. The Morgan fingerprint density at radius 3 is 2.44 bits per heavy atom. The topological polar surface area (TPSA) is 74.7 Å². The van der Waals surface area contributed by atoms with Crippen molar-refractivity contribution in [2.45, 2.75) is 25.1 Å². The van der Waals surface area contributed by atoms with Gasteiger partial charge in [0.05, 0.1) is 24.6 Å². The van der Waals surface area contributed by atoms with Crippen molar-refractivity contribution in [1.29, 1.82) is 0 Å². The van der Waals surface area contributed by atoms with E-state index in [-0.39, 0.29) is 18.6 Å². The van der Waals surface area contributed by atoms with Crippen LogP contribution in [0.2, 0.25) is 0 Å². The first kappa shape index (κ1) is 15.2. The van der Waals surface area contributed by atoms with Crippen LogP contribution in [0.1, 0.15) is 12.8 Å². The molecule has 1 aliphatic heterocycles. The lowest BCUT2D eigenvalue weighted by atomic mass is 10.1. The highest BCUT2D eigenvalue weighted by Crippen LogP contribution is 2.23. The fraction of sp³-hybridized carbons (Fsp3) is 0.889. The maximum Gasteiger partial charge on any atom is 0.401 e. The third-order valence-electron chi connectivity index (χ3n) is 2.68. The number of hydrogen-bond acceptors (Lipinski definition) is 4. The van der Waals surface area contributed by atoms with Crippen LogP contribution in [0.3, 0.4) is 0 Å². The van der Waals surface area contributed by atoms with E-state index in [1.807, 2.05) is 0 Å². The SMILES string of the molecule is O=C(O)CN(CC(F)(F)F)C1CCCS(=O)(=O)C1. The van der Waals surface area contributed by atoms with Gasteiger partial charge in [0.1, 0.15) is 0 Å². The molecular weight excluding hydrogens is 275 g/mol. The van der Waals surface area contributed by atoms with Gasteiger partial charge in [0, 0.05) is 6.04 Å².